The molecule has 4 nitrogen and oxygen atoms in total. The van der Waals surface area contributed by atoms with Gasteiger partial charge in [-0.25, -0.2) is 0 Å². The number of benzene rings is 2. The molecule has 0 saturated carbocycles. The highest BCUT2D eigenvalue weighted by Gasteiger charge is 2.31. The van der Waals surface area contributed by atoms with E-state index < -0.39 is 6.61 Å². The van der Waals surface area contributed by atoms with E-state index in [1.165, 1.54) is 31.0 Å². The molecule has 1 fully saturated rings. The topological polar surface area (TPSA) is 38.8 Å². The Kier molecular flexibility index (Phi) is 6.64. The van der Waals surface area contributed by atoms with Crippen LogP contribution in [-0.2, 0) is 11.2 Å². The van der Waals surface area contributed by atoms with E-state index in [0.29, 0.717) is 27.8 Å². The molecule has 1 aliphatic rings. The van der Waals surface area contributed by atoms with E-state index in [-0.39, 0.29) is 17.4 Å². The van der Waals surface area contributed by atoms with Crippen LogP contribution in [0.3, 0.4) is 0 Å². The van der Waals surface area contributed by atoms with Crippen molar-refractivity contribution in [2.45, 2.75) is 13.0 Å². The van der Waals surface area contributed by atoms with Crippen LogP contribution in [0, 0.1) is 0 Å². The molecule has 0 atom stereocenters. The Hall–Kier alpha value is -2.45. The summed E-state index contributed by atoms with van der Waals surface area (Å²) >= 11 is 6.56. The lowest BCUT2D eigenvalue weighted by molar-refractivity contribution is -0.122. The summed E-state index contributed by atoms with van der Waals surface area (Å²) in [5.41, 5.74) is 1.75. The molecule has 146 valence electrons. The first-order chi connectivity index (χ1) is 13.5. The number of amides is 1. The van der Waals surface area contributed by atoms with Crippen LogP contribution >= 0.6 is 24.0 Å². The molecule has 2 aromatic rings. The lowest BCUT2D eigenvalue weighted by atomic mass is 10.1. The highest BCUT2D eigenvalue weighted by atomic mass is 32.2. The third-order valence-electron chi connectivity index (χ3n) is 4.04. The van der Waals surface area contributed by atoms with Crippen molar-refractivity contribution in [3.05, 3.63) is 64.6 Å². The van der Waals surface area contributed by atoms with Crippen molar-refractivity contribution in [2.24, 2.45) is 0 Å². The fraction of sp³-hybridized carbons (Fsp3) is 0.200. The Bertz CT molecular complexity index is 904. The van der Waals surface area contributed by atoms with Gasteiger partial charge >= 0.3 is 6.61 Å². The lowest BCUT2D eigenvalue weighted by Crippen LogP contribution is -2.30. The van der Waals surface area contributed by atoms with Gasteiger partial charge < -0.3 is 9.47 Å². The largest absolute Gasteiger partial charge is 0.493 e. The molecule has 8 heteroatoms. The number of halogens is 2. The van der Waals surface area contributed by atoms with Crippen LogP contribution < -0.4 is 9.47 Å². The minimum absolute atomic E-state index is 0.0648. The number of ether oxygens (including phenoxy) is 2. The summed E-state index contributed by atoms with van der Waals surface area (Å²) < 4.78 is 34.9. The van der Waals surface area contributed by atoms with E-state index in [0.717, 1.165) is 5.56 Å². The zero-order valence-corrected chi connectivity index (χ0v) is 16.6. The van der Waals surface area contributed by atoms with E-state index in [9.17, 15) is 13.6 Å². The van der Waals surface area contributed by atoms with E-state index in [1.54, 1.807) is 17.0 Å². The van der Waals surface area contributed by atoms with Crippen molar-refractivity contribution in [3.63, 3.8) is 0 Å². The fourth-order valence-electron chi connectivity index (χ4n) is 2.70. The number of rotatable bonds is 7. The SMILES string of the molecule is COc1cc(/C=C2/SC(=S)N(CCc3ccccc3)C2=O)ccc1OC(F)F. The van der Waals surface area contributed by atoms with Gasteiger partial charge in [0.25, 0.3) is 5.91 Å². The van der Waals surface area contributed by atoms with Crippen LogP contribution in [0.2, 0.25) is 0 Å². The van der Waals surface area contributed by atoms with Crippen molar-refractivity contribution in [2.75, 3.05) is 13.7 Å². The van der Waals surface area contributed by atoms with E-state index in [1.807, 2.05) is 30.3 Å². The Morgan fingerprint density at radius 1 is 1.18 bits per heavy atom. The predicted octanol–water partition coefficient (Wildman–Crippen LogP) is 4.74. The standard InChI is InChI=1S/C20H17F2NO3S2/c1-25-16-11-14(7-8-15(16)26-19(21)22)12-17-18(24)23(20(27)28-17)10-9-13-5-3-2-4-6-13/h2-8,11-12,19H,9-10H2,1H3/b17-12+. The van der Waals surface area contributed by atoms with Crippen LogP contribution in [0.25, 0.3) is 6.08 Å². The van der Waals surface area contributed by atoms with Gasteiger partial charge in [0.05, 0.1) is 12.0 Å². The minimum atomic E-state index is -2.94. The quantitative estimate of drug-likeness (QED) is 0.477. The van der Waals surface area contributed by atoms with Crippen molar-refractivity contribution >= 4 is 40.3 Å². The molecule has 2 aromatic carbocycles. The monoisotopic (exact) mass is 421 g/mol. The van der Waals surface area contributed by atoms with Gasteiger partial charge in [-0.15, -0.1) is 0 Å². The smallest absolute Gasteiger partial charge is 0.387 e. The number of methoxy groups -OCH3 is 1. The average Bonchev–Trinajstić information content (AvgIpc) is 2.94. The van der Waals surface area contributed by atoms with Crippen molar-refractivity contribution in [1.82, 2.24) is 4.90 Å². The maximum atomic E-state index is 12.7. The van der Waals surface area contributed by atoms with Crippen LogP contribution in [0.15, 0.2) is 53.4 Å². The number of nitrogens with zero attached hydrogens (tertiary/aromatic N) is 1. The number of hydrogen-bond acceptors (Lipinski definition) is 5. The first-order valence-corrected chi connectivity index (χ1v) is 9.62. The predicted molar refractivity (Wildman–Crippen MR) is 110 cm³/mol. The van der Waals surface area contributed by atoms with E-state index in [4.69, 9.17) is 17.0 Å². The number of hydrogen-bond donors (Lipinski definition) is 0. The Labute approximate surface area is 171 Å². The highest BCUT2D eigenvalue weighted by Crippen LogP contribution is 2.35. The number of thioether (sulfide) groups is 1. The van der Waals surface area contributed by atoms with Crippen LogP contribution in [0.4, 0.5) is 8.78 Å². The third-order valence-corrected chi connectivity index (χ3v) is 5.42. The summed E-state index contributed by atoms with van der Waals surface area (Å²) in [6.07, 6.45) is 2.37. The number of carbonyl (C=O) groups excluding carboxylic acids is 1. The molecule has 0 bridgehead atoms. The van der Waals surface area contributed by atoms with Gasteiger partial charge in [-0.3, -0.25) is 9.69 Å². The van der Waals surface area contributed by atoms with E-state index >= 15 is 0 Å². The summed E-state index contributed by atoms with van der Waals surface area (Å²) in [5.74, 6) is -0.0727. The molecular formula is C20H17F2NO3S2. The first kappa shape index (κ1) is 20.3. The molecule has 1 saturated heterocycles. The summed E-state index contributed by atoms with van der Waals surface area (Å²) in [6, 6.07) is 14.4. The Morgan fingerprint density at radius 2 is 1.93 bits per heavy atom. The molecule has 1 heterocycles. The van der Waals surface area contributed by atoms with Gasteiger partial charge in [0.15, 0.2) is 11.5 Å². The van der Waals surface area contributed by atoms with Gasteiger partial charge in [-0.05, 0) is 35.8 Å². The molecule has 0 spiro atoms. The molecule has 0 aliphatic carbocycles. The maximum absolute atomic E-state index is 12.7. The molecule has 0 unspecified atom stereocenters. The Morgan fingerprint density at radius 3 is 2.61 bits per heavy atom. The molecule has 28 heavy (non-hydrogen) atoms. The highest BCUT2D eigenvalue weighted by molar-refractivity contribution is 8.26. The molecule has 0 radical (unpaired) electrons. The van der Waals surface area contributed by atoms with Gasteiger partial charge in [-0.2, -0.15) is 8.78 Å². The number of alkyl halides is 2. The van der Waals surface area contributed by atoms with Gasteiger partial charge in [0, 0.05) is 6.54 Å². The zero-order valence-electron chi connectivity index (χ0n) is 14.9. The molecule has 1 amide bonds. The number of carbonyl (C=O) groups is 1. The summed E-state index contributed by atoms with van der Waals surface area (Å²) in [7, 11) is 1.36. The summed E-state index contributed by atoms with van der Waals surface area (Å²) in [6.45, 7) is -2.45. The molecule has 0 aromatic heterocycles. The van der Waals surface area contributed by atoms with E-state index in [2.05, 4.69) is 4.74 Å². The maximum Gasteiger partial charge on any atom is 0.387 e. The van der Waals surface area contributed by atoms with Gasteiger partial charge in [0.2, 0.25) is 0 Å². The minimum Gasteiger partial charge on any atom is -0.493 e. The van der Waals surface area contributed by atoms with Gasteiger partial charge in [0.1, 0.15) is 4.32 Å². The second-order valence-corrected chi connectivity index (χ2v) is 7.53. The number of thiocarbonyl (C=S) groups is 1. The molecule has 1 aliphatic heterocycles. The zero-order chi connectivity index (χ0) is 20.1. The fourth-order valence-corrected chi connectivity index (χ4v) is 4.01. The molecule has 0 N–H and O–H groups in total. The second kappa shape index (κ2) is 9.16. The van der Waals surface area contributed by atoms with Gasteiger partial charge in [-0.1, -0.05) is 60.4 Å². The molecule has 3 rings (SSSR count). The average molecular weight is 421 g/mol. The van der Waals surface area contributed by atoms with Crippen LogP contribution in [-0.4, -0.2) is 35.4 Å². The molecular weight excluding hydrogens is 404 g/mol. The van der Waals surface area contributed by atoms with Crippen LogP contribution in [0.1, 0.15) is 11.1 Å². The normalized spacial score (nSPS) is 15.6. The second-order valence-electron chi connectivity index (χ2n) is 5.86. The van der Waals surface area contributed by atoms with Crippen molar-refractivity contribution in [3.8, 4) is 11.5 Å². The van der Waals surface area contributed by atoms with Crippen LogP contribution in [0.5, 0.6) is 11.5 Å². The third kappa shape index (κ3) is 4.88. The summed E-state index contributed by atoms with van der Waals surface area (Å²) in [5, 5.41) is 0. The van der Waals surface area contributed by atoms with Crippen molar-refractivity contribution < 1.29 is 23.0 Å². The first-order valence-electron chi connectivity index (χ1n) is 8.40. The summed E-state index contributed by atoms with van der Waals surface area (Å²) in [4.78, 5) is 14.8. The lowest BCUT2D eigenvalue weighted by Gasteiger charge is -2.14. The Balaban J connectivity index is 1.74. The van der Waals surface area contributed by atoms with Crippen molar-refractivity contribution in [1.29, 1.82) is 0 Å².